The van der Waals surface area contributed by atoms with Crippen molar-refractivity contribution < 1.29 is 0 Å². The normalized spacial score (nSPS) is 12.6. The van der Waals surface area contributed by atoms with Gasteiger partial charge in [0.25, 0.3) is 0 Å². The van der Waals surface area contributed by atoms with Gasteiger partial charge in [0.2, 0.25) is 0 Å². The standard InChI is InChI=1S/C13H19N/c1-5-11(4)14-13-8-6-12(7-9-13)10(2)3/h5-11,14H,1H2,2-4H3. The summed E-state index contributed by atoms with van der Waals surface area (Å²) in [5, 5.41) is 3.34. The van der Waals surface area contributed by atoms with Gasteiger partial charge in [-0.25, -0.2) is 0 Å². The van der Waals surface area contributed by atoms with Crippen molar-refractivity contribution in [2.24, 2.45) is 0 Å². The van der Waals surface area contributed by atoms with Crippen molar-refractivity contribution in [3.8, 4) is 0 Å². The summed E-state index contributed by atoms with van der Waals surface area (Å²) in [6, 6.07) is 8.90. The van der Waals surface area contributed by atoms with Crippen LogP contribution in [0.15, 0.2) is 36.9 Å². The molecule has 1 rings (SSSR count). The molecule has 0 bridgehead atoms. The van der Waals surface area contributed by atoms with Gasteiger partial charge in [0.1, 0.15) is 0 Å². The Morgan fingerprint density at radius 1 is 1.14 bits per heavy atom. The van der Waals surface area contributed by atoms with Crippen molar-refractivity contribution in [2.45, 2.75) is 32.7 Å². The quantitative estimate of drug-likeness (QED) is 0.710. The van der Waals surface area contributed by atoms with Crippen LogP contribution in [-0.4, -0.2) is 6.04 Å². The summed E-state index contributed by atoms with van der Waals surface area (Å²) in [6.45, 7) is 10.2. The van der Waals surface area contributed by atoms with Crippen LogP contribution in [0.1, 0.15) is 32.3 Å². The third-order valence-corrected chi connectivity index (χ3v) is 2.33. The van der Waals surface area contributed by atoms with Crippen LogP contribution in [-0.2, 0) is 0 Å². The van der Waals surface area contributed by atoms with Crippen LogP contribution in [0.25, 0.3) is 0 Å². The lowest BCUT2D eigenvalue weighted by molar-refractivity contribution is 0.866. The number of rotatable bonds is 4. The maximum absolute atomic E-state index is 3.74. The molecule has 0 aliphatic heterocycles. The average molecular weight is 189 g/mol. The van der Waals surface area contributed by atoms with Gasteiger partial charge in [0.05, 0.1) is 0 Å². The van der Waals surface area contributed by atoms with E-state index in [4.69, 9.17) is 0 Å². The van der Waals surface area contributed by atoms with Gasteiger partial charge in [-0.05, 0) is 30.5 Å². The predicted octanol–water partition coefficient (Wildman–Crippen LogP) is 3.80. The zero-order valence-corrected chi connectivity index (χ0v) is 9.25. The first-order chi connectivity index (χ1) is 6.63. The molecule has 0 saturated heterocycles. The number of hydrogen-bond acceptors (Lipinski definition) is 1. The number of hydrogen-bond donors (Lipinski definition) is 1. The lowest BCUT2D eigenvalue weighted by atomic mass is 10.0. The predicted molar refractivity (Wildman–Crippen MR) is 63.8 cm³/mol. The van der Waals surface area contributed by atoms with E-state index >= 15 is 0 Å². The molecule has 0 aliphatic carbocycles. The zero-order valence-electron chi connectivity index (χ0n) is 9.25. The maximum Gasteiger partial charge on any atom is 0.0413 e. The molecule has 1 atom stereocenters. The Hall–Kier alpha value is -1.24. The Bertz CT molecular complexity index is 285. The van der Waals surface area contributed by atoms with E-state index in [1.165, 1.54) is 5.56 Å². The molecule has 1 N–H and O–H groups in total. The van der Waals surface area contributed by atoms with Crippen LogP contribution < -0.4 is 5.32 Å². The Morgan fingerprint density at radius 2 is 1.71 bits per heavy atom. The molecule has 0 fully saturated rings. The second-order valence-corrected chi connectivity index (χ2v) is 3.95. The molecule has 76 valence electrons. The Labute approximate surface area is 86.8 Å². The molecule has 0 radical (unpaired) electrons. The summed E-state index contributed by atoms with van der Waals surface area (Å²) in [4.78, 5) is 0. The SMILES string of the molecule is C=CC(C)Nc1ccc(C(C)C)cc1. The lowest BCUT2D eigenvalue weighted by Crippen LogP contribution is -2.10. The van der Waals surface area contributed by atoms with E-state index in [2.05, 4.69) is 56.9 Å². The highest BCUT2D eigenvalue weighted by Crippen LogP contribution is 2.17. The molecule has 1 unspecified atom stereocenters. The average Bonchev–Trinajstić information content (AvgIpc) is 2.18. The summed E-state index contributed by atoms with van der Waals surface area (Å²) in [7, 11) is 0. The fourth-order valence-electron chi connectivity index (χ4n) is 1.29. The number of benzene rings is 1. The summed E-state index contributed by atoms with van der Waals surface area (Å²) < 4.78 is 0. The monoisotopic (exact) mass is 189 g/mol. The van der Waals surface area contributed by atoms with Crippen LogP contribution >= 0.6 is 0 Å². The van der Waals surface area contributed by atoms with Crippen LogP contribution in [0.5, 0.6) is 0 Å². The minimum Gasteiger partial charge on any atom is -0.379 e. The van der Waals surface area contributed by atoms with Gasteiger partial charge in [-0.3, -0.25) is 0 Å². The highest BCUT2D eigenvalue weighted by Gasteiger charge is 1.99. The van der Waals surface area contributed by atoms with Gasteiger partial charge >= 0.3 is 0 Å². The molecular formula is C13H19N. The summed E-state index contributed by atoms with van der Waals surface area (Å²) >= 11 is 0. The number of nitrogens with one attached hydrogen (secondary N) is 1. The second kappa shape index (κ2) is 4.85. The molecular weight excluding hydrogens is 170 g/mol. The molecule has 0 saturated carbocycles. The minimum atomic E-state index is 0.319. The highest BCUT2D eigenvalue weighted by atomic mass is 14.9. The summed E-state index contributed by atoms with van der Waals surface area (Å²) in [5.41, 5.74) is 2.53. The van der Waals surface area contributed by atoms with E-state index in [0.717, 1.165) is 5.69 Å². The van der Waals surface area contributed by atoms with E-state index in [1.54, 1.807) is 0 Å². The van der Waals surface area contributed by atoms with E-state index in [1.807, 2.05) is 6.08 Å². The van der Waals surface area contributed by atoms with Gasteiger partial charge in [-0.1, -0.05) is 32.1 Å². The fourth-order valence-corrected chi connectivity index (χ4v) is 1.29. The van der Waals surface area contributed by atoms with Crippen LogP contribution in [0.3, 0.4) is 0 Å². The van der Waals surface area contributed by atoms with Crippen molar-refractivity contribution in [3.63, 3.8) is 0 Å². The smallest absolute Gasteiger partial charge is 0.0413 e. The lowest BCUT2D eigenvalue weighted by Gasteiger charge is -2.12. The van der Waals surface area contributed by atoms with Gasteiger partial charge in [-0.2, -0.15) is 0 Å². The Kier molecular flexibility index (Phi) is 3.75. The molecule has 0 spiro atoms. The molecule has 1 nitrogen and oxygen atoms in total. The first kappa shape index (κ1) is 10.8. The number of anilines is 1. The fraction of sp³-hybridized carbons (Fsp3) is 0.385. The summed E-state index contributed by atoms with van der Waals surface area (Å²) in [6.07, 6.45) is 1.90. The maximum atomic E-state index is 3.74. The Balaban J connectivity index is 2.68. The minimum absolute atomic E-state index is 0.319. The van der Waals surface area contributed by atoms with E-state index in [0.29, 0.717) is 12.0 Å². The van der Waals surface area contributed by atoms with Crippen molar-refractivity contribution in [1.82, 2.24) is 0 Å². The van der Waals surface area contributed by atoms with E-state index in [-0.39, 0.29) is 0 Å². The van der Waals surface area contributed by atoms with Gasteiger partial charge in [0.15, 0.2) is 0 Å². The largest absolute Gasteiger partial charge is 0.379 e. The van der Waals surface area contributed by atoms with Gasteiger partial charge in [0, 0.05) is 11.7 Å². The van der Waals surface area contributed by atoms with Gasteiger partial charge < -0.3 is 5.32 Å². The molecule has 14 heavy (non-hydrogen) atoms. The molecule has 0 heterocycles. The van der Waals surface area contributed by atoms with Crippen molar-refractivity contribution in [3.05, 3.63) is 42.5 Å². The third-order valence-electron chi connectivity index (χ3n) is 2.33. The topological polar surface area (TPSA) is 12.0 Å². The molecule has 1 heteroatoms. The third kappa shape index (κ3) is 2.91. The van der Waals surface area contributed by atoms with Crippen LogP contribution in [0, 0.1) is 0 Å². The highest BCUT2D eigenvalue weighted by molar-refractivity contribution is 5.46. The second-order valence-electron chi connectivity index (χ2n) is 3.95. The first-order valence-electron chi connectivity index (χ1n) is 5.12. The summed E-state index contributed by atoms with van der Waals surface area (Å²) in [5.74, 6) is 0.598. The molecule has 0 aliphatic rings. The van der Waals surface area contributed by atoms with Crippen molar-refractivity contribution in [1.29, 1.82) is 0 Å². The van der Waals surface area contributed by atoms with Crippen molar-refractivity contribution in [2.75, 3.05) is 5.32 Å². The Morgan fingerprint density at radius 3 is 2.14 bits per heavy atom. The van der Waals surface area contributed by atoms with E-state index < -0.39 is 0 Å². The van der Waals surface area contributed by atoms with Gasteiger partial charge in [-0.15, -0.1) is 6.58 Å². The van der Waals surface area contributed by atoms with Crippen molar-refractivity contribution >= 4 is 5.69 Å². The zero-order chi connectivity index (χ0) is 10.6. The first-order valence-corrected chi connectivity index (χ1v) is 5.12. The van der Waals surface area contributed by atoms with E-state index in [9.17, 15) is 0 Å². The molecule has 0 amide bonds. The molecule has 1 aromatic carbocycles. The van der Waals surface area contributed by atoms with Crippen LogP contribution in [0.4, 0.5) is 5.69 Å². The molecule has 1 aromatic rings. The van der Waals surface area contributed by atoms with Crippen LogP contribution in [0.2, 0.25) is 0 Å². The molecule has 0 aromatic heterocycles.